The number of hydrogen-bond donors (Lipinski definition) is 0. The van der Waals surface area contributed by atoms with Crippen molar-refractivity contribution in [1.29, 1.82) is 0 Å². The Labute approximate surface area is 113 Å². The van der Waals surface area contributed by atoms with Crippen molar-refractivity contribution in [3.63, 3.8) is 0 Å². The molecule has 3 aliphatic carbocycles. The first-order chi connectivity index (χ1) is 9.16. The molecule has 3 heteroatoms. The van der Waals surface area contributed by atoms with Gasteiger partial charge in [-0.05, 0) is 47.3 Å². The van der Waals surface area contributed by atoms with E-state index in [1.165, 1.54) is 24.0 Å². The lowest BCUT2D eigenvalue weighted by atomic mass is 9.48. The average molecular weight is 251 g/mol. The lowest BCUT2D eigenvalue weighted by molar-refractivity contribution is 0.0183. The predicted octanol–water partition coefficient (Wildman–Crippen LogP) is 3.22. The summed E-state index contributed by atoms with van der Waals surface area (Å²) in [6, 6.07) is 2.22. The van der Waals surface area contributed by atoms with E-state index in [2.05, 4.69) is 41.1 Å². The summed E-state index contributed by atoms with van der Waals surface area (Å²) in [5.74, 6) is 1.53. The lowest BCUT2D eigenvalue weighted by Gasteiger charge is -2.57. The molecule has 0 radical (unpaired) electrons. The number of nitrogens with zero attached hydrogens (tertiary/aromatic N) is 3. The molecule has 0 aromatic carbocycles. The zero-order chi connectivity index (χ0) is 13.0. The Morgan fingerprint density at radius 1 is 1.11 bits per heavy atom. The van der Waals surface area contributed by atoms with E-state index in [0.717, 1.165) is 17.3 Å². The maximum atomic E-state index is 4.60. The summed E-state index contributed by atoms with van der Waals surface area (Å²) >= 11 is 0. The number of aromatic nitrogens is 3. The summed E-state index contributed by atoms with van der Waals surface area (Å²) in [5, 5.41) is 0. The van der Waals surface area contributed by atoms with E-state index in [9.17, 15) is 0 Å². The highest BCUT2D eigenvalue weighted by atomic mass is 14.8. The number of hydrogen-bond acceptors (Lipinski definition) is 3. The van der Waals surface area contributed by atoms with E-state index < -0.39 is 0 Å². The fraction of sp³-hybridized carbons (Fsp3) is 0.438. The van der Waals surface area contributed by atoms with E-state index in [1.807, 2.05) is 0 Å². The maximum Gasteiger partial charge on any atom is 0.107 e. The van der Waals surface area contributed by atoms with E-state index in [0.29, 0.717) is 11.3 Å². The quantitative estimate of drug-likeness (QED) is 0.781. The van der Waals surface area contributed by atoms with Crippen molar-refractivity contribution in [2.45, 2.75) is 32.6 Å². The molecule has 3 nitrogen and oxygen atoms in total. The minimum atomic E-state index is 0.461. The minimum absolute atomic E-state index is 0.461. The van der Waals surface area contributed by atoms with E-state index in [1.54, 1.807) is 18.6 Å². The molecular weight excluding hydrogens is 234 g/mol. The van der Waals surface area contributed by atoms with Crippen molar-refractivity contribution in [1.82, 2.24) is 15.0 Å². The lowest BCUT2D eigenvalue weighted by Crippen LogP contribution is -2.48. The average Bonchev–Trinajstić information content (AvgIpc) is 2.46. The molecule has 0 aliphatic heterocycles. The van der Waals surface area contributed by atoms with Crippen LogP contribution in [0.1, 0.15) is 37.3 Å². The summed E-state index contributed by atoms with van der Waals surface area (Å²) in [6.45, 7) is 4.79. The molecule has 2 bridgehead atoms. The van der Waals surface area contributed by atoms with Crippen molar-refractivity contribution in [3.05, 3.63) is 42.0 Å². The third-order valence-electron chi connectivity index (χ3n) is 5.16. The highest BCUT2D eigenvalue weighted by Crippen LogP contribution is 2.62. The molecule has 0 N–H and O–H groups in total. The summed E-state index contributed by atoms with van der Waals surface area (Å²) in [7, 11) is 0. The molecule has 2 aromatic heterocycles. The van der Waals surface area contributed by atoms with Crippen LogP contribution in [0.15, 0.2) is 30.9 Å². The van der Waals surface area contributed by atoms with E-state index >= 15 is 0 Å². The molecular formula is C16H17N3. The second kappa shape index (κ2) is 3.62. The molecule has 0 saturated heterocycles. The fourth-order valence-electron chi connectivity index (χ4n) is 3.73. The summed E-state index contributed by atoms with van der Waals surface area (Å²) in [4.78, 5) is 13.0. The third kappa shape index (κ3) is 1.47. The van der Waals surface area contributed by atoms with Crippen LogP contribution in [-0.4, -0.2) is 15.0 Å². The van der Waals surface area contributed by atoms with Crippen molar-refractivity contribution in [3.8, 4) is 11.4 Å². The summed E-state index contributed by atoms with van der Waals surface area (Å²) in [5.41, 5.74) is 5.20. The van der Waals surface area contributed by atoms with Gasteiger partial charge in [0.05, 0.1) is 11.9 Å². The maximum absolute atomic E-state index is 4.60. The molecule has 1 fully saturated rings. The van der Waals surface area contributed by atoms with Gasteiger partial charge < -0.3 is 0 Å². The van der Waals surface area contributed by atoms with Crippen LogP contribution in [0, 0.1) is 11.3 Å². The van der Waals surface area contributed by atoms with Gasteiger partial charge in [-0.3, -0.25) is 15.0 Å². The zero-order valence-electron chi connectivity index (χ0n) is 11.3. The van der Waals surface area contributed by atoms with Gasteiger partial charge in [0.1, 0.15) is 5.69 Å². The van der Waals surface area contributed by atoms with Crippen molar-refractivity contribution in [2.75, 3.05) is 0 Å². The van der Waals surface area contributed by atoms with Gasteiger partial charge in [0.2, 0.25) is 0 Å². The Balaban J connectivity index is 1.78. The first kappa shape index (κ1) is 11.1. The molecule has 2 heterocycles. The molecule has 96 valence electrons. The van der Waals surface area contributed by atoms with Gasteiger partial charge in [0, 0.05) is 18.6 Å². The van der Waals surface area contributed by atoms with Gasteiger partial charge in [0.15, 0.2) is 0 Å². The molecule has 5 rings (SSSR count). The number of rotatable bonds is 1. The van der Waals surface area contributed by atoms with Crippen LogP contribution in [0.5, 0.6) is 0 Å². The van der Waals surface area contributed by atoms with Crippen LogP contribution in [0.4, 0.5) is 0 Å². The highest BCUT2D eigenvalue weighted by Gasteiger charge is 2.52. The third-order valence-corrected chi connectivity index (χ3v) is 5.16. The molecule has 0 unspecified atom stereocenters. The molecule has 0 spiro atoms. The van der Waals surface area contributed by atoms with Crippen LogP contribution in [-0.2, 0) is 6.42 Å². The van der Waals surface area contributed by atoms with Crippen LogP contribution in [0.2, 0.25) is 0 Å². The standard InChI is InChI=1S/C16H17N3/c1-16(2)11-5-10-6-14(15-9-17-3-4-18-15)19-8-12(10)13(16)7-11/h3-4,6,8-9,11,13H,5,7H2,1-2H3/t11-,13-/m0/s1. The Bertz CT molecular complexity index is 634. The molecule has 0 amide bonds. The largest absolute Gasteiger partial charge is 0.261 e. The van der Waals surface area contributed by atoms with Crippen LogP contribution in [0.3, 0.4) is 0 Å². The summed E-state index contributed by atoms with van der Waals surface area (Å²) in [6.07, 6.45) is 9.79. The SMILES string of the molecule is CC1(C)[C@H]2Cc3cc(-c4cnccn4)ncc3[C@@H]1C2. The van der Waals surface area contributed by atoms with Crippen LogP contribution >= 0.6 is 0 Å². The Kier molecular flexibility index (Phi) is 2.12. The monoisotopic (exact) mass is 251 g/mol. The minimum Gasteiger partial charge on any atom is -0.261 e. The van der Waals surface area contributed by atoms with Gasteiger partial charge in [-0.1, -0.05) is 13.8 Å². The molecule has 2 aromatic rings. The second-order valence-electron chi connectivity index (χ2n) is 6.37. The van der Waals surface area contributed by atoms with Crippen molar-refractivity contribution in [2.24, 2.45) is 11.3 Å². The topological polar surface area (TPSA) is 38.7 Å². The Morgan fingerprint density at radius 2 is 2.00 bits per heavy atom. The summed E-state index contributed by atoms with van der Waals surface area (Å²) < 4.78 is 0. The Hall–Kier alpha value is -1.77. The molecule has 1 saturated carbocycles. The van der Waals surface area contributed by atoms with Gasteiger partial charge in [-0.15, -0.1) is 0 Å². The zero-order valence-corrected chi connectivity index (χ0v) is 11.3. The molecule has 2 atom stereocenters. The van der Waals surface area contributed by atoms with Crippen LogP contribution in [0.25, 0.3) is 11.4 Å². The van der Waals surface area contributed by atoms with Crippen molar-refractivity contribution < 1.29 is 0 Å². The van der Waals surface area contributed by atoms with E-state index in [-0.39, 0.29) is 0 Å². The predicted molar refractivity (Wildman–Crippen MR) is 73.6 cm³/mol. The fourth-order valence-corrected chi connectivity index (χ4v) is 3.73. The number of pyridine rings is 1. The van der Waals surface area contributed by atoms with Gasteiger partial charge in [0.25, 0.3) is 0 Å². The second-order valence-corrected chi connectivity index (χ2v) is 6.37. The first-order valence-corrected chi connectivity index (χ1v) is 6.91. The van der Waals surface area contributed by atoms with Gasteiger partial charge in [-0.25, -0.2) is 0 Å². The van der Waals surface area contributed by atoms with Gasteiger partial charge >= 0.3 is 0 Å². The highest BCUT2D eigenvalue weighted by molar-refractivity contribution is 5.56. The van der Waals surface area contributed by atoms with Crippen molar-refractivity contribution >= 4 is 0 Å². The smallest absolute Gasteiger partial charge is 0.107 e. The molecule has 19 heavy (non-hydrogen) atoms. The molecule has 3 aliphatic rings. The Morgan fingerprint density at radius 3 is 2.74 bits per heavy atom. The normalized spacial score (nSPS) is 26.4. The van der Waals surface area contributed by atoms with Crippen LogP contribution < -0.4 is 0 Å². The van der Waals surface area contributed by atoms with Gasteiger partial charge in [-0.2, -0.15) is 0 Å². The van der Waals surface area contributed by atoms with E-state index in [4.69, 9.17) is 0 Å². The first-order valence-electron chi connectivity index (χ1n) is 6.91.